The number of halogens is 3. The monoisotopic (exact) mass is 490 g/mol. The summed E-state index contributed by atoms with van der Waals surface area (Å²) in [4.78, 5) is 26.9. The first-order valence-corrected chi connectivity index (χ1v) is 10.5. The normalized spacial score (nSPS) is 15.5. The molecular weight excluding hydrogens is 479 g/mol. The standard InChI is InChI=1S/C22H13Cl3N2O3S/c1-11-16(24)3-2-4-18(11)27-21(29)15(20(28)26-22(27)31)10-13-6-8-19(30-13)14-7-5-12(23)9-17(14)25/h2-10H,1H3,(H,26,28,31)/b15-10-. The van der Waals surface area contributed by atoms with E-state index < -0.39 is 11.8 Å². The molecule has 2 heterocycles. The van der Waals surface area contributed by atoms with Gasteiger partial charge in [0, 0.05) is 15.6 Å². The van der Waals surface area contributed by atoms with E-state index in [-0.39, 0.29) is 10.7 Å². The number of rotatable bonds is 3. The van der Waals surface area contributed by atoms with Crippen molar-refractivity contribution in [1.29, 1.82) is 0 Å². The van der Waals surface area contributed by atoms with Crippen LogP contribution in [0.15, 0.2) is 58.5 Å². The Morgan fingerprint density at radius 2 is 1.81 bits per heavy atom. The van der Waals surface area contributed by atoms with E-state index in [1.807, 2.05) is 0 Å². The van der Waals surface area contributed by atoms with Crippen molar-refractivity contribution >= 4 is 75.7 Å². The number of thiocarbonyl (C=S) groups is 1. The number of benzene rings is 2. The molecule has 1 aromatic heterocycles. The van der Waals surface area contributed by atoms with Crippen molar-refractivity contribution in [3.05, 3.63) is 80.5 Å². The minimum Gasteiger partial charge on any atom is -0.457 e. The summed E-state index contributed by atoms with van der Waals surface area (Å²) in [6, 6.07) is 13.5. The lowest BCUT2D eigenvalue weighted by atomic mass is 10.1. The summed E-state index contributed by atoms with van der Waals surface area (Å²) >= 11 is 23.6. The molecule has 2 aromatic carbocycles. The fourth-order valence-corrected chi connectivity index (χ4v) is 4.07. The predicted octanol–water partition coefficient (Wildman–Crippen LogP) is 6.05. The number of carbonyl (C=O) groups excluding carboxylic acids is 2. The van der Waals surface area contributed by atoms with Gasteiger partial charge < -0.3 is 4.42 Å². The van der Waals surface area contributed by atoms with Crippen molar-refractivity contribution in [2.45, 2.75) is 6.92 Å². The topological polar surface area (TPSA) is 62.6 Å². The van der Waals surface area contributed by atoms with Crippen LogP contribution in [-0.4, -0.2) is 16.9 Å². The van der Waals surface area contributed by atoms with E-state index in [1.165, 1.54) is 11.0 Å². The molecule has 0 aliphatic carbocycles. The fourth-order valence-electron chi connectivity index (χ4n) is 3.12. The van der Waals surface area contributed by atoms with Gasteiger partial charge in [-0.2, -0.15) is 0 Å². The number of amides is 2. The second-order valence-corrected chi connectivity index (χ2v) is 8.31. The number of furan rings is 1. The van der Waals surface area contributed by atoms with Gasteiger partial charge in [0.1, 0.15) is 17.1 Å². The fraction of sp³-hybridized carbons (Fsp3) is 0.0455. The Balaban J connectivity index is 1.71. The first-order valence-electron chi connectivity index (χ1n) is 8.98. The summed E-state index contributed by atoms with van der Waals surface area (Å²) < 4.78 is 5.79. The molecule has 1 N–H and O–H groups in total. The molecule has 0 unspecified atom stereocenters. The quantitative estimate of drug-likeness (QED) is 0.275. The third kappa shape index (κ3) is 4.12. The van der Waals surface area contributed by atoms with Crippen molar-refractivity contribution in [3.63, 3.8) is 0 Å². The molecule has 9 heteroatoms. The predicted molar refractivity (Wildman–Crippen MR) is 127 cm³/mol. The molecule has 0 atom stereocenters. The minimum atomic E-state index is -0.617. The second kappa shape index (κ2) is 8.48. The maximum Gasteiger partial charge on any atom is 0.270 e. The van der Waals surface area contributed by atoms with Gasteiger partial charge in [-0.3, -0.25) is 19.8 Å². The van der Waals surface area contributed by atoms with Crippen molar-refractivity contribution in [2.75, 3.05) is 4.90 Å². The Morgan fingerprint density at radius 3 is 2.55 bits per heavy atom. The zero-order chi connectivity index (χ0) is 22.3. The minimum absolute atomic E-state index is 0.0226. The summed E-state index contributed by atoms with van der Waals surface area (Å²) in [5.41, 5.74) is 1.65. The molecule has 4 rings (SSSR count). The van der Waals surface area contributed by atoms with Crippen LogP contribution in [-0.2, 0) is 9.59 Å². The number of hydrogen-bond donors (Lipinski definition) is 1. The van der Waals surface area contributed by atoms with Crippen molar-refractivity contribution in [3.8, 4) is 11.3 Å². The molecule has 0 saturated carbocycles. The number of nitrogens with one attached hydrogen (secondary N) is 1. The largest absolute Gasteiger partial charge is 0.457 e. The van der Waals surface area contributed by atoms with Crippen LogP contribution in [0.2, 0.25) is 15.1 Å². The number of nitrogens with zero attached hydrogens (tertiary/aromatic N) is 1. The first-order chi connectivity index (χ1) is 14.8. The van der Waals surface area contributed by atoms with Crippen molar-refractivity contribution in [1.82, 2.24) is 5.32 Å². The van der Waals surface area contributed by atoms with E-state index in [1.54, 1.807) is 55.5 Å². The molecule has 0 radical (unpaired) electrons. The van der Waals surface area contributed by atoms with Gasteiger partial charge in [0.2, 0.25) is 0 Å². The van der Waals surface area contributed by atoms with E-state index in [0.717, 1.165) is 0 Å². The van der Waals surface area contributed by atoms with Crippen molar-refractivity contribution < 1.29 is 14.0 Å². The molecule has 1 saturated heterocycles. The molecule has 3 aromatic rings. The number of hydrogen-bond acceptors (Lipinski definition) is 4. The van der Waals surface area contributed by atoms with Crippen molar-refractivity contribution in [2.24, 2.45) is 0 Å². The smallest absolute Gasteiger partial charge is 0.270 e. The Kier molecular flexibility index (Phi) is 5.90. The van der Waals surface area contributed by atoms with Crippen LogP contribution in [0.3, 0.4) is 0 Å². The third-order valence-electron chi connectivity index (χ3n) is 4.69. The van der Waals surface area contributed by atoms with Gasteiger partial charge >= 0.3 is 0 Å². The van der Waals surface area contributed by atoms with Crippen LogP contribution >= 0.6 is 47.0 Å². The molecular formula is C22H13Cl3N2O3S. The summed E-state index contributed by atoms with van der Waals surface area (Å²) in [6.45, 7) is 1.77. The van der Waals surface area contributed by atoms with Crippen LogP contribution < -0.4 is 10.2 Å². The van der Waals surface area contributed by atoms with Crippen LogP contribution in [0.5, 0.6) is 0 Å². The van der Waals surface area contributed by atoms with Gasteiger partial charge in [0.25, 0.3) is 11.8 Å². The molecule has 0 bridgehead atoms. The molecule has 2 amide bonds. The van der Waals surface area contributed by atoms with Crippen LogP contribution in [0.1, 0.15) is 11.3 Å². The average Bonchev–Trinajstić information content (AvgIpc) is 3.16. The molecule has 1 fully saturated rings. The van der Waals surface area contributed by atoms with Crippen LogP contribution in [0, 0.1) is 6.92 Å². The SMILES string of the molecule is Cc1c(Cl)cccc1N1C(=O)/C(=C\c2ccc(-c3ccc(Cl)cc3Cl)o2)C(=O)NC1=S. The van der Waals surface area contributed by atoms with Gasteiger partial charge in [0.05, 0.1) is 10.7 Å². The van der Waals surface area contributed by atoms with Crippen LogP contribution in [0.4, 0.5) is 5.69 Å². The highest BCUT2D eigenvalue weighted by atomic mass is 35.5. The Morgan fingerprint density at radius 1 is 1.03 bits per heavy atom. The van der Waals surface area contributed by atoms with Crippen LogP contribution in [0.25, 0.3) is 17.4 Å². The summed E-state index contributed by atoms with van der Waals surface area (Å²) in [5, 5.41) is 3.91. The van der Waals surface area contributed by atoms with E-state index in [2.05, 4.69) is 5.32 Å². The van der Waals surface area contributed by atoms with E-state index in [9.17, 15) is 9.59 Å². The molecule has 156 valence electrons. The maximum atomic E-state index is 13.2. The summed E-state index contributed by atoms with van der Waals surface area (Å²) in [6.07, 6.45) is 1.36. The number of anilines is 1. The first kappa shape index (κ1) is 21.6. The summed E-state index contributed by atoms with van der Waals surface area (Å²) in [7, 11) is 0. The molecule has 5 nitrogen and oxygen atoms in total. The lowest BCUT2D eigenvalue weighted by Gasteiger charge is -2.30. The molecule has 31 heavy (non-hydrogen) atoms. The van der Waals surface area contributed by atoms with Gasteiger partial charge in [-0.15, -0.1) is 0 Å². The zero-order valence-electron chi connectivity index (χ0n) is 15.9. The van der Waals surface area contributed by atoms with Gasteiger partial charge in [-0.1, -0.05) is 40.9 Å². The Hall–Kier alpha value is -2.64. The van der Waals surface area contributed by atoms with E-state index >= 15 is 0 Å². The van der Waals surface area contributed by atoms with E-state index in [4.69, 9.17) is 51.4 Å². The zero-order valence-corrected chi connectivity index (χ0v) is 19.0. The third-order valence-corrected chi connectivity index (χ3v) is 5.93. The van der Waals surface area contributed by atoms with Gasteiger partial charge in [-0.25, -0.2) is 0 Å². The summed E-state index contributed by atoms with van der Waals surface area (Å²) in [5.74, 6) is -0.430. The van der Waals surface area contributed by atoms with E-state index in [0.29, 0.717) is 43.4 Å². The molecule has 1 aliphatic heterocycles. The number of carbonyl (C=O) groups is 2. The average molecular weight is 492 g/mol. The van der Waals surface area contributed by atoms with Gasteiger partial charge in [-0.05, 0) is 73.2 Å². The lowest BCUT2D eigenvalue weighted by Crippen LogP contribution is -2.54. The lowest BCUT2D eigenvalue weighted by molar-refractivity contribution is -0.122. The second-order valence-electron chi connectivity index (χ2n) is 6.67. The highest BCUT2D eigenvalue weighted by Crippen LogP contribution is 2.33. The maximum absolute atomic E-state index is 13.2. The molecule has 0 spiro atoms. The molecule has 1 aliphatic rings. The highest BCUT2D eigenvalue weighted by Gasteiger charge is 2.35. The highest BCUT2D eigenvalue weighted by molar-refractivity contribution is 7.80. The van der Waals surface area contributed by atoms with Gasteiger partial charge in [0.15, 0.2) is 5.11 Å². The Labute approximate surface area is 198 Å². The Bertz CT molecular complexity index is 1280.